The highest BCUT2D eigenvalue weighted by molar-refractivity contribution is 5.96. The van der Waals surface area contributed by atoms with Gasteiger partial charge in [-0.25, -0.2) is 8.78 Å². The quantitative estimate of drug-likeness (QED) is 0.907. The molecule has 1 amide bonds. The second-order valence-electron chi connectivity index (χ2n) is 4.65. The molecule has 0 bridgehead atoms. The van der Waals surface area contributed by atoms with Gasteiger partial charge >= 0.3 is 0 Å². The maximum atomic E-state index is 13.6. The number of nitrogens with one attached hydrogen (secondary N) is 2. The van der Waals surface area contributed by atoms with Crippen molar-refractivity contribution in [3.05, 3.63) is 64.7 Å². The zero-order valence-corrected chi connectivity index (χ0v) is 11.8. The average molecular weight is 290 g/mol. The summed E-state index contributed by atoms with van der Waals surface area (Å²) in [5.74, 6) is -1.14. The van der Waals surface area contributed by atoms with E-state index in [-0.39, 0.29) is 18.0 Å². The summed E-state index contributed by atoms with van der Waals surface area (Å²) in [5, 5.41) is 5.59. The molecule has 2 N–H and O–H groups in total. The van der Waals surface area contributed by atoms with Gasteiger partial charge in [-0.05, 0) is 42.8 Å². The van der Waals surface area contributed by atoms with Crippen LogP contribution in [-0.4, -0.2) is 13.0 Å². The fourth-order valence-corrected chi connectivity index (χ4v) is 2.08. The van der Waals surface area contributed by atoms with Gasteiger partial charge in [0.25, 0.3) is 5.91 Å². The van der Waals surface area contributed by atoms with Gasteiger partial charge in [-0.3, -0.25) is 4.79 Å². The number of halogens is 2. The van der Waals surface area contributed by atoms with E-state index in [0.717, 1.165) is 23.8 Å². The Kier molecular flexibility index (Phi) is 4.52. The first-order chi connectivity index (χ1) is 10.0. The Bertz CT molecular complexity index is 671. The molecule has 0 spiro atoms. The molecule has 0 radical (unpaired) electrons. The number of carbonyl (C=O) groups excluding carboxylic acids is 1. The Labute approximate surface area is 122 Å². The van der Waals surface area contributed by atoms with Crippen molar-refractivity contribution >= 4 is 11.6 Å². The van der Waals surface area contributed by atoms with Crippen molar-refractivity contribution in [3.8, 4) is 0 Å². The number of anilines is 1. The molecule has 0 aliphatic heterocycles. The highest BCUT2D eigenvalue weighted by Gasteiger charge is 2.10. The van der Waals surface area contributed by atoms with E-state index in [0.29, 0.717) is 11.3 Å². The molecular formula is C16H16F2N2O. The van der Waals surface area contributed by atoms with Crippen LogP contribution >= 0.6 is 0 Å². The molecule has 3 nitrogen and oxygen atoms in total. The Morgan fingerprint density at radius 3 is 2.67 bits per heavy atom. The topological polar surface area (TPSA) is 41.1 Å². The van der Waals surface area contributed by atoms with Crippen LogP contribution in [0.5, 0.6) is 0 Å². The van der Waals surface area contributed by atoms with Crippen molar-refractivity contribution < 1.29 is 13.6 Å². The molecule has 2 aromatic rings. The van der Waals surface area contributed by atoms with Crippen LogP contribution in [0.2, 0.25) is 0 Å². The number of rotatable bonds is 4. The van der Waals surface area contributed by atoms with Crippen LogP contribution in [-0.2, 0) is 6.54 Å². The predicted octanol–water partition coefficient (Wildman–Crippen LogP) is 3.24. The third-order valence-electron chi connectivity index (χ3n) is 3.28. The zero-order valence-electron chi connectivity index (χ0n) is 11.8. The number of benzene rings is 2. The molecule has 0 aliphatic rings. The highest BCUT2D eigenvalue weighted by Crippen LogP contribution is 2.20. The molecular weight excluding hydrogens is 274 g/mol. The number of carbonyl (C=O) groups is 1. The van der Waals surface area contributed by atoms with Crippen LogP contribution in [0.4, 0.5) is 14.5 Å². The van der Waals surface area contributed by atoms with Crippen LogP contribution in [0.15, 0.2) is 36.4 Å². The second kappa shape index (κ2) is 6.35. The molecule has 0 unspecified atom stereocenters. The number of hydrogen-bond acceptors (Lipinski definition) is 2. The first kappa shape index (κ1) is 15.0. The van der Waals surface area contributed by atoms with Gasteiger partial charge in [0.05, 0.1) is 0 Å². The van der Waals surface area contributed by atoms with Gasteiger partial charge in [0, 0.05) is 30.4 Å². The Morgan fingerprint density at radius 2 is 1.95 bits per heavy atom. The lowest BCUT2D eigenvalue weighted by molar-refractivity contribution is 0.0962. The minimum Gasteiger partial charge on any atom is -0.381 e. The maximum absolute atomic E-state index is 13.6. The van der Waals surface area contributed by atoms with Crippen LogP contribution < -0.4 is 10.6 Å². The van der Waals surface area contributed by atoms with Gasteiger partial charge in [0.1, 0.15) is 11.6 Å². The fourth-order valence-electron chi connectivity index (χ4n) is 2.08. The van der Waals surface area contributed by atoms with Crippen molar-refractivity contribution in [3.63, 3.8) is 0 Å². The molecule has 5 heteroatoms. The highest BCUT2D eigenvalue weighted by atomic mass is 19.1. The maximum Gasteiger partial charge on any atom is 0.251 e. The standard InChI is InChI=1S/C16H16F2N2O/c1-10-13(16(21)19-2)4-3-5-15(10)20-9-11-8-12(17)6-7-14(11)18/h3-8,20H,9H2,1-2H3,(H,19,21). The van der Waals surface area contributed by atoms with Gasteiger partial charge in [-0.1, -0.05) is 6.07 Å². The summed E-state index contributed by atoms with van der Waals surface area (Å²) < 4.78 is 26.7. The zero-order chi connectivity index (χ0) is 15.4. The van der Waals surface area contributed by atoms with Crippen molar-refractivity contribution in [2.75, 3.05) is 12.4 Å². The van der Waals surface area contributed by atoms with E-state index in [1.807, 2.05) is 0 Å². The van der Waals surface area contributed by atoms with E-state index in [1.54, 1.807) is 32.2 Å². The molecule has 2 aromatic carbocycles. The lowest BCUT2D eigenvalue weighted by atomic mass is 10.1. The van der Waals surface area contributed by atoms with Gasteiger partial charge in [0.15, 0.2) is 0 Å². The van der Waals surface area contributed by atoms with Crippen LogP contribution in [0, 0.1) is 18.6 Å². The molecule has 2 rings (SSSR count). The lowest BCUT2D eigenvalue weighted by Gasteiger charge is -2.13. The summed E-state index contributed by atoms with van der Waals surface area (Å²) in [6.07, 6.45) is 0. The van der Waals surface area contributed by atoms with E-state index in [2.05, 4.69) is 10.6 Å². The first-order valence-corrected chi connectivity index (χ1v) is 6.52. The summed E-state index contributed by atoms with van der Waals surface area (Å²) in [4.78, 5) is 11.7. The van der Waals surface area contributed by atoms with E-state index in [1.165, 1.54) is 0 Å². The van der Waals surface area contributed by atoms with E-state index >= 15 is 0 Å². The first-order valence-electron chi connectivity index (χ1n) is 6.52. The van der Waals surface area contributed by atoms with Gasteiger partial charge in [-0.15, -0.1) is 0 Å². The summed E-state index contributed by atoms with van der Waals surface area (Å²) in [7, 11) is 1.56. The van der Waals surface area contributed by atoms with E-state index in [4.69, 9.17) is 0 Å². The molecule has 0 fully saturated rings. The Morgan fingerprint density at radius 1 is 1.19 bits per heavy atom. The van der Waals surface area contributed by atoms with Gasteiger partial charge < -0.3 is 10.6 Å². The van der Waals surface area contributed by atoms with Crippen molar-refractivity contribution in [1.82, 2.24) is 5.32 Å². The van der Waals surface area contributed by atoms with Gasteiger partial charge in [-0.2, -0.15) is 0 Å². The SMILES string of the molecule is CNC(=O)c1cccc(NCc2cc(F)ccc2F)c1C. The lowest BCUT2D eigenvalue weighted by Crippen LogP contribution is -2.19. The van der Waals surface area contributed by atoms with Crippen molar-refractivity contribution in [2.24, 2.45) is 0 Å². The van der Waals surface area contributed by atoms with Gasteiger partial charge in [0.2, 0.25) is 0 Å². The minimum absolute atomic E-state index is 0.141. The van der Waals surface area contributed by atoms with Crippen LogP contribution in [0.3, 0.4) is 0 Å². The van der Waals surface area contributed by atoms with Crippen molar-refractivity contribution in [1.29, 1.82) is 0 Å². The molecule has 0 heterocycles. The van der Waals surface area contributed by atoms with Crippen LogP contribution in [0.1, 0.15) is 21.5 Å². The summed E-state index contributed by atoms with van der Waals surface area (Å²) in [6, 6.07) is 8.57. The normalized spacial score (nSPS) is 10.3. The smallest absolute Gasteiger partial charge is 0.251 e. The van der Waals surface area contributed by atoms with Crippen LogP contribution in [0.25, 0.3) is 0 Å². The molecule has 21 heavy (non-hydrogen) atoms. The Hall–Kier alpha value is -2.43. The third kappa shape index (κ3) is 3.37. The summed E-state index contributed by atoms with van der Waals surface area (Å²) in [5.41, 5.74) is 2.25. The largest absolute Gasteiger partial charge is 0.381 e. The van der Waals surface area contributed by atoms with Crippen molar-refractivity contribution in [2.45, 2.75) is 13.5 Å². The molecule has 0 saturated heterocycles. The third-order valence-corrected chi connectivity index (χ3v) is 3.28. The molecule has 0 saturated carbocycles. The molecule has 110 valence electrons. The monoisotopic (exact) mass is 290 g/mol. The average Bonchev–Trinajstić information content (AvgIpc) is 2.48. The predicted molar refractivity (Wildman–Crippen MR) is 78.3 cm³/mol. The van der Waals surface area contributed by atoms with E-state index in [9.17, 15) is 13.6 Å². The number of amides is 1. The number of hydrogen-bond donors (Lipinski definition) is 2. The molecule has 0 aromatic heterocycles. The molecule has 0 atom stereocenters. The minimum atomic E-state index is -0.482. The van der Waals surface area contributed by atoms with E-state index < -0.39 is 11.6 Å². The summed E-state index contributed by atoms with van der Waals surface area (Å²) >= 11 is 0. The second-order valence-corrected chi connectivity index (χ2v) is 4.65. The summed E-state index contributed by atoms with van der Waals surface area (Å²) in [6.45, 7) is 1.94. The Balaban J connectivity index is 2.21. The fraction of sp³-hybridized carbons (Fsp3) is 0.188. The molecule has 0 aliphatic carbocycles.